The van der Waals surface area contributed by atoms with Crippen LogP contribution in [0.5, 0.6) is 5.75 Å². The van der Waals surface area contributed by atoms with Crippen LogP contribution in [-0.4, -0.2) is 78.2 Å². The van der Waals surface area contributed by atoms with Gasteiger partial charge in [0.25, 0.3) is 0 Å². The number of nitrogens with zero attached hydrogens (tertiary/aromatic N) is 5. The molecule has 0 unspecified atom stereocenters. The van der Waals surface area contributed by atoms with E-state index in [2.05, 4.69) is 20.8 Å². The van der Waals surface area contributed by atoms with E-state index < -0.39 is 5.92 Å². The van der Waals surface area contributed by atoms with Crippen molar-refractivity contribution in [3.63, 3.8) is 0 Å². The molecule has 200 valence electrons. The van der Waals surface area contributed by atoms with Gasteiger partial charge in [0.1, 0.15) is 18.1 Å². The molecule has 0 bridgehead atoms. The fraction of sp³-hybridized carbons (Fsp3) is 0.333. The van der Waals surface area contributed by atoms with Gasteiger partial charge in [0.2, 0.25) is 11.8 Å². The summed E-state index contributed by atoms with van der Waals surface area (Å²) in [5.41, 5.74) is 6.47. The maximum Gasteiger partial charge on any atom is 0.244 e. The van der Waals surface area contributed by atoms with Gasteiger partial charge in [0.05, 0.1) is 32.3 Å². The van der Waals surface area contributed by atoms with Gasteiger partial charge in [-0.05, 0) is 47.9 Å². The van der Waals surface area contributed by atoms with Crippen LogP contribution in [0.25, 0.3) is 11.1 Å². The molecule has 4 rings (SSSR count). The van der Waals surface area contributed by atoms with E-state index in [4.69, 9.17) is 16.3 Å². The van der Waals surface area contributed by atoms with Crippen LogP contribution in [0.3, 0.4) is 0 Å². The number of rotatable bonds is 8. The molecule has 0 radical (unpaired) electrons. The van der Waals surface area contributed by atoms with Gasteiger partial charge in [-0.1, -0.05) is 23.7 Å². The lowest BCUT2D eigenvalue weighted by molar-refractivity contribution is -0.137. The zero-order valence-electron chi connectivity index (χ0n) is 21.9. The van der Waals surface area contributed by atoms with Gasteiger partial charge in [-0.15, -0.1) is 0 Å². The number of amidine groups is 1. The third-order valence-corrected chi connectivity index (χ3v) is 6.32. The smallest absolute Gasteiger partial charge is 0.244 e. The number of nitrogens with one attached hydrogen (secondary N) is 2. The van der Waals surface area contributed by atoms with E-state index >= 15 is 0 Å². The largest absolute Gasteiger partial charge is 0.496 e. The zero-order chi connectivity index (χ0) is 27.2. The maximum atomic E-state index is 13.6. The predicted octanol–water partition coefficient (Wildman–Crippen LogP) is 2.85. The summed E-state index contributed by atoms with van der Waals surface area (Å²) in [6.45, 7) is 0.340. The molecule has 38 heavy (non-hydrogen) atoms. The van der Waals surface area contributed by atoms with Crippen molar-refractivity contribution in [2.24, 2.45) is 18.0 Å². The molecule has 0 fully saturated rings. The number of hydrogen-bond donors (Lipinski definition) is 2. The van der Waals surface area contributed by atoms with Gasteiger partial charge in [-0.2, -0.15) is 5.10 Å². The minimum absolute atomic E-state index is 0.118. The van der Waals surface area contributed by atoms with E-state index in [9.17, 15) is 9.59 Å². The summed E-state index contributed by atoms with van der Waals surface area (Å²) in [5, 5.41) is 9.45. The third kappa shape index (κ3) is 6.90. The van der Waals surface area contributed by atoms with Crippen molar-refractivity contribution in [1.82, 2.24) is 25.1 Å². The summed E-state index contributed by atoms with van der Waals surface area (Å²) >= 11 is 6.21. The number of carbonyl (C=O) groups is 2. The molecule has 2 aromatic carbocycles. The molecule has 2 heterocycles. The number of amides is 2. The zero-order valence-corrected chi connectivity index (χ0v) is 22.7. The molecule has 2 N–H and O–H groups in total. The van der Waals surface area contributed by atoms with Crippen molar-refractivity contribution in [1.29, 1.82) is 0 Å². The van der Waals surface area contributed by atoms with E-state index in [1.807, 2.05) is 51.6 Å². The van der Waals surface area contributed by atoms with E-state index in [-0.39, 0.29) is 31.4 Å². The Kier molecular flexibility index (Phi) is 8.65. The van der Waals surface area contributed by atoms with E-state index in [0.29, 0.717) is 28.7 Å². The van der Waals surface area contributed by atoms with Gasteiger partial charge in [-0.3, -0.25) is 19.3 Å². The summed E-state index contributed by atoms with van der Waals surface area (Å²) in [4.78, 5) is 32.9. The molecule has 1 aliphatic rings. The molecule has 10 nitrogen and oxygen atoms in total. The lowest BCUT2D eigenvalue weighted by Gasteiger charge is -2.25. The number of benzene rings is 2. The Balaban J connectivity index is 1.51. The summed E-state index contributed by atoms with van der Waals surface area (Å²) in [6, 6.07) is 12.9. The Morgan fingerprint density at radius 2 is 2.03 bits per heavy atom. The highest BCUT2D eigenvalue weighted by molar-refractivity contribution is 6.30. The fourth-order valence-corrected chi connectivity index (χ4v) is 4.57. The summed E-state index contributed by atoms with van der Waals surface area (Å²) in [6.07, 6.45) is 4.06. The molecule has 1 aliphatic heterocycles. The average molecular weight is 538 g/mol. The van der Waals surface area contributed by atoms with Crippen LogP contribution in [0.2, 0.25) is 5.02 Å². The highest BCUT2D eigenvalue weighted by Gasteiger charge is 2.31. The number of methoxy groups -OCH3 is 1. The van der Waals surface area contributed by atoms with Crippen LogP contribution in [0.1, 0.15) is 5.56 Å². The predicted molar refractivity (Wildman–Crippen MR) is 148 cm³/mol. The number of carbonyl (C=O) groups excluding carboxylic acids is 2. The van der Waals surface area contributed by atoms with Gasteiger partial charge in [0, 0.05) is 43.6 Å². The second-order valence-corrected chi connectivity index (χ2v) is 9.81. The highest BCUT2D eigenvalue weighted by atomic mass is 35.5. The van der Waals surface area contributed by atoms with Crippen molar-refractivity contribution in [2.45, 2.75) is 6.42 Å². The third-order valence-electron chi connectivity index (χ3n) is 6.08. The standard InChI is InChI=1S/C27H32ClN7O3/c1-33(2)32-25-16-35(27(37)20(13-29-25)10-19-11-22(28)8-9-24(19)38-4)17-26(36)31-23-7-5-6-18(12-23)21-14-30-34(3)15-21/h5-9,11-12,14-15,20H,10,13,16-17H2,1-4H3,(H,29,32)(H,31,36)/t20-/m1/s1. The van der Waals surface area contributed by atoms with Crippen molar-refractivity contribution in [2.75, 3.05) is 46.2 Å². The minimum atomic E-state index is -0.481. The molecular weight excluding hydrogens is 506 g/mol. The molecular formula is C27H32ClN7O3. The van der Waals surface area contributed by atoms with Crippen LogP contribution < -0.4 is 15.5 Å². The monoisotopic (exact) mass is 537 g/mol. The Labute approximate surface area is 227 Å². The topological polar surface area (TPSA) is 104 Å². The maximum absolute atomic E-state index is 13.6. The Bertz CT molecular complexity index is 1340. The minimum Gasteiger partial charge on any atom is -0.496 e. The number of halogens is 1. The number of anilines is 1. The fourth-order valence-electron chi connectivity index (χ4n) is 4.37. The van der Waals surface area contributed by atoms with Crippen LogP contribution in [0.15, 0.2) is 59.9 Å². The number of aryl methyl sites for hydroxylation is 1. The normalized spacial score (nSPS) is 15.7. The Morgan fingerprint density at radius 3 is 2.74 bits per heavy atom. The van der Waals surface area contributed by atoms with Crippen LogP contribution in [0, 0.1) is 5.92 Å². The van der Waals surface area contributed by atoms with E-state index in [1.165, 1.54) is 4.90 Å². The molecule has 0 aliphatic carbocycles. The van der Waals surface area contributed by atoms with Crippen LogP contribution >= 0.6 is 11.6 Å². The summed E-state index contributed by atoms with van der Waals surface area (Å²) in [5.74, 6) is 0.318. The van der Waals surface area contributed by atoms with Crippen LogP contribution in [0.4, 0.5) is 5.69 Å². The van der Waals surface area contributed by atoms with Gasteiger partial charge >= 0.3 is 0 Å². The number of aliphatic imine (C=N–C) groups is 1. The number of ether oxygens (including phenoxy) is 1. The Hall–Kier alpha value is -3.89. The van der Waals surface area contributed by atoms with Gasteiger partial charge in [0.15, 0.2) is 0 Å². The van der Waals surface area contributed by atoms with Gasteiger partial charge < -0.3 is 20.4 Å². The second-order valence-electron chi connectivity index (χ2n) is 9.38. The first-order valence-electron chi connectivity index (χ1n) is 12.2. The molecule has 0 spiro atoms. The first-order chi connectivity index (χ1) is 18.2. The first-order valence-corrected chi connectivity index (χ1v) is 12.6. The van der Waals surface area contributed by atoms with Crippen molar-refractivity contribution >= 4 is 34.9 Å². The molecule has 0 saturated heterocycles. The lowest BCUT2D eigenvalue weighted by atomic mass is 9.97. The van der Waals surface area contributed by atoms with Crippen LogP contribution in [-0.2, 0) is 23.1 Å². The summed E-state index contributed by atoms with van der Waals surface area (Å²) in [7, 11) is 7.12. The van der Waals surface area contributed by atoms with E-state index in [1.54, 1.807) is 41.2 Å². The SMILES string of the molecule is COc1ccc(Cl)cc1C[C@@H]1CN=C(NN(C)C)CN(CC(=O)Nc2cccc(-c3cnn(C)c3)c2)C1=O. The van der Waals surface area contributed by atoms with E-state index in [0.717, 1.165) is 16.7 Å². The average Bonchev–Trinajstić information content (AvgIpc) is 3.26. The van der Waals surface area contributed by atoms with Crippen molar-refractivity contribution < 1.29 is 14.3 Å². The molecule has 1 atom stereocenters. The quantitative estimate of drug-likeness (QED) is 0.428. The number of hydrogen-bond acceptors (Lipinski definition) is 7. The lowest BCUT2D eigenvalue weighted by Crippen LogP contribution is -2.47. The summed E-state index contributed by atoms with van der Waals surface area (Å²) < 4.78 is 7.20. The highest BCUT2D eigenvalue weighted by Crippen LogP contribution is 2.27. The Morgan fingerprint density at radius 1 is 1.21 bits per heavy atom. The number of aromatic nitrogens is 2. The molecule has 0 saturated carbocycles. The first kappa shape index (κ1) is 27.2. The second kappa shape index (κ2) is 12.1. The molecule has 2 amide bonds. The number of hydrazine groups is 1. The molecule has 1 aromatic heterocycles. The molecule has 3 aromatic rings. The van der Waals surface area contributed by atoms with Crippen molar-refractivity contribution in [3.8, 4) is 16.9 Å². The van der Waals surface area contributed by atoms with Crippen molar-refractivity contribution in [3.05, 3.63) is 65.4 Å². The van der Waals surface area contributed by atoms with Gasteiger partial charge in [-0.25, -0.2) is 5.01 Å². The molecule has 11 heteroatoms.